The Morgan fingerprint density at radius 2 is 1.97 bits per heavy atom. The summed E-state index contributed by atoms with van der Waals surface area (Å²) in [5.74, 6) is 0.556. The van der Waals surface area contributed by atoms with Gasteiger partial charge in [0, 0.05) is 30.6 Å². The van der Waals surface area contributed by atoms with Crippen LogP contribution in [0.4, 0.5) is 0 Å². The molecule has 2 aromatic rings. The summed E-state index contributed by atoms with van der Waals surface area (Å²) in [5.41, 5.74) is 0.923. The van der Waals surface area contributed by atoms with Gasteiger partial charge in [-0.2, -0.15) is 4.31 Å². The average Bonchev–Trinajstić information content (AvgIpc) is 2.73. The van der Waals surface area contributed by atoms with Crippen molar-refractivity contribution in [3.05, 3.63) is 59.1 Å². The molecule has 6 nitrogen and oxygen atoms in total. The number of amides is 1. The van der Waals surface area contributed by atoms with Crippen molar-refractivity contribution < 1.29 is 17.9 Å². The summed E-state index contributed by atoms with van der Waals surface area (Å²) >= 11 is 5.88. The fourth-order valence-electron chi connectivity index (χ4n) is 3.51. The van der Waals surface area contributed by atoms with Gasteiger partial charge in [0.25, 0.3) is 0 Å². The molecule has 29 heavy (non-hydrogen) atoms. The second-order valence-corrected chi connectivity index (χ2v) is 9.38. The van der Waals surface area contributed by atoms with E-state index in [1.165, 1.54) is 16.4 Å². The Bertz CT molecular complexity index is 947. The number of benzene rings is 2. The minimum atomic E-state index is -3.67. The molecule has 1 N–H and O–H groups in total. The zero-order chi connectivity index (χ0) is 20.9. The SMILES string of the molecule is COc1cccc(CNC(=O)C[C@H]2CCCCN2S(=O)(=O)c2ccc(Cl)cc2)c1. The van der Waals surface area contributed by atoms with E-state index in [-0.39, 0.29) is 23.3 Å². The van der Waals surface area contributed by atoms with Crippen molar-refractivity contribution in [3.63, 3.8) is 0 Å². The molecule has 0 bridgehead atoms. The van der Waals surface area contributed by atoms with Crippen LogP contribution in [-0.2, 0) is 21.4 Å². The molecule has 1 aliphatic heterocycles. The molecule has 1 aliphatic rings. The number of nitrogens with zero attached hydrogens (tertiary/aromatic N) is 1. The molecular weight excluding hydrogens is 412 g/mol. The molecule has 1 amide bonds. The standard InChI is InChI=1S/C21H25ClN2O4S/c1-28-19-7-4-5-16(13-19)15-23-21(25)14-18-6-2-3-12-24(18)29(26,27)20-10-8-17(22)9-11-20/h4-5,7-11,13,18H,2-3,6,12,14-15H2,1H3,(H,23,25)/t18-/m1/s1. The average molecular weight is 437 g/mol. The molecule has 0 aliphatic carbocycles. The Kier molecular flexibility index (Phi) is 7.16. The third-order valence-electron chi connectivity index (χ3n) is 5.04. The molecule has 1 saturated heterocycles. The molecule has 2 aromatic carbocycles. The van der Waals surface area contributed by atoms with Crippen molar-refractivity contribution in [2.45, 2.75) is 43.2 Å². The van der Waals surface area contributed by atoms with E-state index in [2.05, 4.69) is 5.32 Å². The fraction of sp³-hybridized carbons (Fsp3) is 0.381. The van der Waals surface area contributed by atoms with Crippen LogP contribution < -0.4 is 10.1 Å². The van der Waals surface area contributed by atoms with Crippen molar-refractivity contribution in [2.24, 2.45) is 0 Å². The van der Waals surface area contributed by atoms with Gasteiger partial charge < -0.3 is 10.1 Å². The Morgan fingerprint density at radius 1 is 1.21 bits per heavy atom. The van der Waals surface area contributed by atoms with Gasteiger partial charge in [0.2, 0.25) is 15.9 Å². The summed E-state index contributed by atoms with van der Waals surface area (Å²) in [6.07, 6.45) is 2.49. The number of rotatable bonds is 7. The normalized spacial score (nSPS) is 17.7. The van der Waals surface area contributed by atoms with Crippen LogP contribution in [0.2, 0.25) is 5.02 Å². The molecule has 0 aromatic heterocycles. The van der Waals surface area contributed by atoms with E-state index in [1.54, 1.807) is 19.2 Å². The van der Waals surface area contributed by atoms with Gasteiger partial charge in [0.15, 0.2) is 0 Å². The van der Waals surface area contributed by atoms with Crippen LogP contribution in [0.5, 0.6) is 5.75 Å². The number of hydrogen-bond donors (Lipinski definition) is 1. The second-order valence-electron chi connectivity index (χ2n) is 7.05. The first-order valence-corrected chi connectivity index (χ1v) is 11.4. The molecule has 1 fully saturated rings. The number of ether oxygens (including phenoxy) is 1. The first-order chi connectivity index (χ1) is 13.9. The van der Waals surface area contributed by atoms with Crippen molar-refractivity contribution >= 4 is 27.5 Å². The molecular formula is C21H25ClN2O4S. The first-order valence-electron chi connectivity index (χ1n) is 9.57. The number of carbonyl (C=O) groups excluding carboxylic acids is 1. The van der Waals surface area contributed by atoms with Crippen molar-refractivity contribution in [3.8, 4) is 5.75 Å². The summed E-state index contributed by atoms with van der Waals surface area (Å²) in [6.45, 7) is 0.783. The second kappa shape index (κ2) is 9.61. The lowest BCUT2D eigenvalue weighted by atomic mass is 10.0. The maximum Gasteiger partial charge on any atom is 0.243 e. The third-order valence-corrected chi connectivity index (χ3v) is 7.26. The van der Waals surface area contributed by atoms with Crippen LogP contribution in [-0.4, -0.2) is 38.3 Å². The van der Waals surface area contributed by atoms with Gasteiger partial charge >= 0.3 is 0 Å². The lowest BCUT2D eigenvalue weighted by molar-refractivity contribution is -0.122. The largest absolute Gasteiger partial charge is 0.497 e. The van der Waals surface area contributed by atoms with Crippen LogP contribution in [0.1, 0.15) is 31.2 Å². The van der Waals surface area contributed by atoms with Crippen molar-refractivity contribution in [2.75, 3.05) is 13.7 Å². The molecule has 156 valence electrons. The topological polar surface area (TPSA) is 75.7 Å². The summed E-state index contributed by atoms with van der Waals surface area (Å²) in [5, 5.41) is 3.37. The van der Waals surface area contributed by atoms with E-state index in [0.717, 1.165) is 24.2 Å². The predicted molar refractivity (Wildman–Crippen MR) is 112 cm³/mol. The van der Waals surface area contributed by atoms with E-state index in [4.69, 9.17) is 16.3 Å². The Balaban J connectivity index is 1.66. The molecule has 0 radical (unpaired) electrons. The number of sulfonamides is 1. The molecule has 3 rings (SSSR count). The zero-order valence-corrected chi connectivity index (χ0v) is 17.9. The van der Waals surface area contributed by atoms with Crippen LogP contribution in [0.15, 0.2) is 53.4 Å². The summed E-state index contributed by atoms with van der Waals surface area (Å²) < 4.78 is 32.8. The number of hydrogen-bond acceptors (Lipinski definition) is 4. The monoisotopic (exact) mass is 436 g/mol. The fourth-order valence-corrected chi connectivity index (χ4v) is 5.32. The van der Waals surface area contributed by atoms with E-state index in [0.29, 0.717) is 24.5 Å². The van der Waals surface area contributed by atoms with Gasteiger partial charge in [-0.15, -0.1) is 0 Å². The molecule has 8 heteroatoms. The van der Waals surface area contributed by atoms with Crippen LogP contribution in [0.3, 0.4) is 0 Å². The number of piperidine rings is 1. The van der Waals surface area contributed by atoms with Gasteiger partial charge in [0.05, 0.1) is 12.0 Å². The third kappa shape index (κ3) is 5.50. The molecule has 1 atom stereocenters. The highest BCUT2D eigenvalue weighted by atomic mass is 35.5. The maximum atomic E-state index is 13.1. The van der Waals surface area contributed by atoms with E-state index >= 15 is 0 Å². The van der Waals surface area contributed by atoms with Gasteiger partial charge in [0.1, 0.15) is 5.75 Å². The first kappa shape index (κ1) is 21.6. The Labute approximate surface area is 176 Å². The van der Waals surface area contributed by atoms with Crippen LogP contribution in [0, 0.1) is 0 Å². The van der Waals surface area contributed by atoms with E-state index in [1.807, 2.05) is 24.3 Å². The number of carbonyl (C=O) groups is 1. The summed E-state index contributed by atoms with van der Waals surface area (Å²) in [4.78, 5) is 12.7. The number of nitrogens with one attached hydrogen (secondary N) is 1. The minimum absolute atomic E-state index is 0.136. The zero-order valence-electron chi connectivity index (χ0n) is 16.3. The smallest absolute Gasteiger partial charge is 0.243 e. The quantitative estimate of drug-likeness (QED) is 0.719. The van der Waals surface area contributed by atoms with Gasteiger partial charge in [-0.1, -0.05) is 30.2 Å². The lowest BCUT2D eigenvalue weighted by Gasteiger charge is -2.34. The van der Waals surface area contributed by atoms with Crippen molar-refractivity contribution in [1.82, 2.24) is 9.62 Å². The van der Waals surface area contributed by atoms with Gasteiger partial charge in [-0.05, 0) is 54.8 Å². The van der Waals surface area contributed by atoms with Gasteiger partial charge in [-0.3, -0.25) is 4.79 Å². The molecule has 0 saturated carbocycles. The summed E-state index contributed by atoms with van der Waals surface area (Å²) in [6, 6.07) is 13.3. The minimum Gasteiger partial charge on any atom is -0.497 e. The molecule has 0 unspecified atom stereocenters. The highest BCUT2D eigenvalue weighted by Gasteiger charge is 2.34. The number of halogens is 1. The predicted octanol–water partition coefficient (Wildman–Crippen LogP) is 3.60. The number of methoxy groups -OCH3 is 1. The Hall–Kier alpha value is -2.09. The van der Waals surface area contributed by atoms with Crippen molar-refractivity contribution in [1.29, 1.82) is 0 Å². The van der Waals surface area contributed by atoms with Crippen LogP contribution in [0.25, 0.3) is 0 Å². The molecule has 0 spiro atoms. The highest BCUT2D eigenvalue weighted by molar-refractivity contribution is 7.89. The lowest BCUT2D eigenvalue weighted by Crippen LogP contribution is -2.45. The maximum absolute atomic E-state index is 13.1. The van der Waals surface area contributed by atoms with E-state index < -0.39 is 10.0 Å². The Morgan fingerprint density at radius 3 is 2.69 bits per heavy atom. The molecule has 1 heterocycles. The summed E-state index contributed by atoms with van der Waals surface area (Å²) in [7, 11) is -2.08. The van der Waals surface area contributed by atoms with E-state index in [9.17, 15) is 13.2 Å². The van der Waals surface area contributed by atoms with Gasteiger partial charge in [-0.25, -0.2) is 8.42 Å². The highest BCUT2D eigenvalue weighted by Crippen LogP contribution is 2.27. The van der Waals surface area contributed by atoms with Crippen LogP contribution >= 0.6 is 11.6 Å².